The maximum Gasteiger partial charge on any atom is 0.0813 e. The number of hydrogen-bond acceptors (Lipinski definition) is 0. The van der Waals surface area contributed by atoms with Crippen molar-refractivity contribution >= 4 is 0 Å². The summed E-state index contributed by atoms with van der Waals surface area (Å²) < 4.78 is 1.39. The molecule has 0 spiro atoms. The first-order chi connectivity index (χ1) is 6.68. The Bertz CT molecular complexity index is 182. The minimum Gasteiger partial charge on any atom is -0.326 e. The van der Waals surface area contributed by atoms with Crippen molar-refractivity contribution in [3.8, 4) is 0 Å². The van der Waals surface area contributed by atoms with E-state index in [2.05, 4.69) is 14.0 Å². The van der Waals surface area contributed by atoms with Gasteiger partial charge in [-0.05, 0) is 38.0 Å². The van der Waals surface area contributed by atoms with E-state index >= 15 is 0 Å². The molecule has 14 heavy (non-hydrogen) atoms. The van der Waals surface area contributed by atoms with E-state index < -0.39 is 0 Å². The van der Waals surface area contributed by atoms with Crippen molar-refractivity contribution in [1.29, 1.82) is 0 Å². The van der Waals surface area contributed by atoms with E-state index in [0.29, 0.717) is 0 Å². The van der Waals surface area contributed by atoms with Gasteiger partial charge in [-0.15, -0.1) is 0 Å². The van der Waals surface area contributed by atoms with Gasteiger partial charge in [-0.2, -0.15) is 0 Å². The van der Waals surface area contributed by atoms with Crippen LogP contribution in [-0.2, 0) is 0 Å². The summed E-state index contributed by atoms with van der Waals surface area (Å²) in [6.45, 7) is 6.80. The van der Waals surface area contributed by atoms with Crippen LogP contribution >= 0.6 is 0 Å². The molecular formula is C13H26N+. The molecule has 1 aliphatic carbocycles. The molecule has 2 atom stereocenters. The summed E-state index contributed by atoms with van der Waals surface area (Å²) in [6, 6.07) is 0. The van der Waals surface area contributed by atoms with Gasteiger partial charge >= 0.3 is 0 Å². The number of quaternary nitrogens is 1. The van der Waals surface area contributed by atoms with Gasteiger partial charge in [0.1, 0.15) is 0 Å². The summed E-state index contributed by atoms with van der Waals surface area (Å²) in [6.07, 6.45) is 8.93. The summed E-state index contributed by atoms with van der Waals surface area (Å²) in [5.41, 5.74) is 0. The van der Waals surface area contributed by atoms with Crippen molar-refractivity contribution in [1.82, 2.24) is 0 Å². The number of likely N-dealkylation sites (tertiary alicyclic amines) is 1. The van der Waals surface area contributed by atoms with Gasteiger partial charge in [0.2, 0.25) is 0 Å². The zero-order chi connectivity index (χ0) is 10.0. The number of piperidine rings is 1. The normalized spacial score (nSPS) is 37.3. The van der Waals surface area contributed by atoms with E-state index in [-0.39, 0.29) is 0 Å². The van der Waals surface area contributed by atoms with Crippen LogP contribution in [-0.4, -0.2) is 31.2 Å². The molecule has 0 aromatic heterocycles. The lowest BCUT2D eigenvalue weighted by molar-refractivity contribution is -0.917. The van der Waals surface area contributed by atoms with Gasteiger partial charge in [0.05, 0.1) is 26.7 Å². The SMILES string of the molecule is CC1CCC(C[N+]2(C)CCCCC2)C1. The first-order valence-corrected chi connectivity index (χ1v) is 6.51. The highest BCUT2D eigenvalue weighted by Gasteiger charge is 2.31. The monoisotopic (exact) mass is 196 g/mol. The average molecular weight is 196 g/mol. The third kappa shape index (κ3) is 2.50. The minimum atomic E-state index is 1.01. The molecule has 0 aromatic carbocycles. The first-order valence-electron chi connectivity index (χ1n) is 6.51. The molecule has 2 unspecified atom stereocenters. The van der Waals surface area contributed by atoms with Gasteiger partial charge in [0, 0.05) is 5.92 Å². The Labute approximate surface area is 89.1 Å². The molecule has 0 N–H and O–H groups in total. The van der Waals surface area contributed by atoms with E-state index in [9.17, 15) is 0 Å². The Balaban J connectivity index is 1.83. The minimum absolute atomic E-state index is 1.01. The molecule has 1 heterocycles. The van der Waals surface area contributed by atoms with Crippen LogP contribution in [0.3, 0.4) is 0 Å². The molecular weight excluding hydrogens is 170 g/mol. The molecule has 0 aromatic rings. The lowest BCUT2D eigenvalue weighted by Gasteiger charge is -2.39. The molecule has 2 fully saturated rings. The second kappa shape index (κ2) is 4.22. The topological polar surface area (TPSA) is 0 Å². The van der Waals surface area contributed by atoms with Crippen molar-refractivity contribution in [3.05, 3.63) is 0 Å². The number of nitrogens with zero attached hydrogens (tertiary/aromatic N) is 1. The van der Waals surface area contributed by atoms with Crippen LogP contribution in [0.1, 0.15) is 45.4 Å². The smallest absolute Gasteiger partial charge is 0.0813 e. The fraction of sp³-hybridized carbons (Fsp3) is 1.00. The Morgan fingerprint density at radius 3 is 2.36 bits per heavy atom. The molecule has 0 bridgehead atoms. The number of rotatable bonds is 2. The zero-order valence-corrected chi connectivity index (χ0v) is 9.97. The summed E-state index contributed by atoms with van der Waals surface area (Å²) in [4.78, 5) is 0. The second-order valence-electron chi connectivity index (χ2n) is 6.09. The van der Waals surface area contributed by atoms with E-state index in [1.165, 1.54) is 62.6 Å². The molecule has 0 radical (unpaired) electrons. The van der Waals surface area contributed by atoms with E-state index in [0.717, 1.165) is 11.8 Å². The standard InChI is InChI=1S/C13H26N/c1-12-6-7-13(10-12)11-14(2)8-4-3-5-9-14/h12-13H,3-11H2,1-2H3/q+1. The molecule has 1 nitrogen and oxygen atoms in total. The van der Waals surface area contributed by atoms with E-state index in [1.807, 2.05) is 0 Å². The van der Waals surface area contributed by atoms with E-state index in [4.69, 9.17) is 0 Å². The lowest BCUT2D eigenvalue weighted by Crippen LogP contribution is -2.50. The largest absolute Gasteiger partial charge is 0.326 e. The Morgan fingerprint density at radius 1 is 1.07 bits per heavy atom. The molecule has 82 valence electrons. The van der Waals surface area contributed by atoms with Crippen molar-refractivity contribution in [2.45, 2.75) is 45.4 Å². The Hall–Kier alpha value is -0.0400. The maximum absolute atomic E-state index is 2.49. The van der Waals surface area contributed by atoms with Gasteiger partial charge in [-0.1, -0.05) is 13.3 Å². The van der Waals surface area contributed by atoms with Crippen LogP contribution < -0.4 is 0 Å². The summed E-state index contributed by atoms with van der Waals surface area (Å²) >= 11 is 0. The van der Waals surface area contributed by atoms with Crippen LogP contribution in [0.15, 0.2) is 0 Å². The highest BCUT2D eigenvalue weighted by molar-refractivity contribution is 4.73. The maximum atomic E-state index is 2.49. The first kappa shape index (κ1) is 10.5. The molecule has 1 aliphatic heterocycles. The fourth-order valence-electron chi connectivity index (χ4n) is 3.57. The lowest BCUT2D eigenvalue weighted by atomic mass is 10.0. The van der Waals surface area contributed by atoms with Gasteiger partial charge in [-0.3, -0.25) is 0 Å². The van der Waals surface area contributed by atoms with E-state index in [1.54, 1.807) is 0 Å². The molecule has 2 rings (SSSR count). The fourth-order valence-corrected chi connectivity index (χ4v) is 3.57. The summed E-state index contributed by atoms with van der Waals surface area (Å²) in [7, 11) is 2.49. The van der Waals surface area contributed by atoms with Crippen LogP contribution in [0.25, 0.3) is 0 Å². The average Bonchev–Trinajstić information content (AvgIpc) is 2.51. The molecule has 2 aliphatic rings. The Kier molecular flexibility index (Phi) is 3.16. The van der Waals surface area contributed by atoms with Crippen molar-refractivity contribution in [3.63, 3.8) is 0 Å². The van der Waals surface area contributed by atoms with Gasteiger partial charge in [0.15, 0.2) is 0 Å². The molecule has 0 amide bonds. The Morgan fingerprint density at radius 2 is 1.79 bits per heavy atom. The number of hydrogen-bond donors (Lipinski definition) is 0. The summed E-state index contributed by atoms with van der Waals surface area (Å²) in [5.74, 6) is 2.06. The van der Waals surface area contributed by atoms with Crippen molar-refractivity contribution in [2.75, 3.05) is 26.7 Å². The van der Waals surface area contributed by atoms with Gasteiger partial charge in [-0.25, -0.2) is 0 Å². The molecule has 1 heteroatoms. The molecule has 1 saturated heterocycles. The summed E-state index contributed by atoms with van der Waals surface area (Å²) in [5, 5.41) is 0. The molecule has 1 saturated carbocycles. The van der Waals surface area contributed by atoms with Crippen LogP contribution in [0, 0.1) is 11.8 Å². The van der Waals surface area contributed by atoms with Crippen molar-refractivity contribution in [2.24, 2.45) is 11.8 Å². The highest BCUT2D eigenvalue weighted by Crippen LogP contribution is 2.33. The predicted octanol–water partition coefficient (Wildman–Crippen LogP) is 3.05. The second-order valence-corrected chi connectivity index (χ2v) is 6.09. The predicted molar refractivity (Wildman–Crippen MR) is 61.1 cm³/mol. The van der Waals surface area contributed by atoms with Gasteiger partial charge in [0.25, 0.3) is 0 Å². The third-order valence-corrected chi connectivity index (χ3v) is 4.40. The van der Waals surface area contributed by atoms with Crippen LogP contribution in [0.4, 0.5) is 0 Å². The zero-order valence-electron chi connectivity index (χ0n) is 9.97. The quantitative estimate of drug-likeness (QED) is 0.596. The van der Waals surface area contributed by atoms with Crippen LogP contribution in [0.2, 0.25) is 0 Å². The highest BCUT2D eigenvalue weighted by atomic mass is 15.3. The van der Waals surface area contributed by atoms with Crippen molar-refractivity contribution < 1.29 is 4.48 Å². The van der Waals surface area contributed by atoms with Crippen LogP contribution in [0.5, 0.6) is 0 Å². The van der Waals surface area contributed by atoms with Gasteiger partial charge < -0.3 is 4.48 Å². The third-order valence-electron chi connectivity index (χ3n) is 4.40.